The van der Waals surface area contributed by atoms with Gasteiger partial charge in [0.25, 0.3) is 0 Å². The predicted octanol–water partition coefficient (Wildman–Crippen LogP) is 3.61. The Hall–Kier alpha value is -0.860. The van der Waals surface area contributed by atoms with Crippen LogP contribution in [-0.2, 0) is 14.3 Å². The second-order valence-corrected chi connectivity index (χ2v) is 6.01. The number of Topliss-reactive ketones (excluding diaryl/α,β-unsaturated/α-hetero) is 1. The van der Waals surface area contributed by atoms with Gasteiger partial charge in [0.2, 0.25) is 0 Å². The van der Waals surface area contributed by atoms with Crippen LogP contribution in [0.25, 0.3) is 0 Å². The molecule has 0 bridgehead atoms. The minimum atomic E-state index is -0.569. The molecule has 1 rings (SSSR count). The van der Waals surface area contributed by atoms with Crippen molar-refractivity contribution in [2.45, 2.75) is 59.8 Å². The van der Waals surface area contributed by atoms with E-state index in [9.17, 15) is 9.59 Å². The van der Waals surface area contributed by atoms with Crippen molar-refractivity contribution in [1.82, 2.24) is 0 Å². The summed E-state index contributed by atoms with van der Waals surface area (Å²) >= 11 is 0. The lowest BCUT2D eigenvalue weighted by atomic mass is 9.74. The fourth-order valence-electron chi connectivity index (χ4n) is 3.12. The highest BCUT2D eigenvalue weighted by Gasteiger charge is 2.37. The van der Waals surface area contributed by atoms with Crippen LogP contribution in [0, 0.1) is 23.7 Å². The highest BCUT2D eigenvalue weighted by atomic mass is 16.5. The van der Waals surface area contributed by atoms with Crippen LogP contribution in [0.2, 0.25) is 0 Å². The highest BCUT2D eigenvalue weighted by Crippen LogP contribution is 2.34. The fourth-order valence-corrected chi connectivity index (χ4v) is 3.12. The zero-order valence-electron chi connectivity index (χ0n) is 12.8. The normalized spacial score (nSPS) is 25.1. The van der Waals surface area contributed by atoms with Gasteiger partial charge in [0.05, 0.1) is 6.61 Å². The summed E-state index contributed by atoms with van der Waals surface area (Å²) in [5.41, 5.74) is 0. The van der Waals surface area contributed by atoms with E-state index in [2.05, 4.69) is 6.92 Å². The summed E-state index contributed by atoms with van der Waals surface area (Å²) in [5.74, 6) is -0.0463. The summed E-state index contributed by atoms with van der Waals surface area (Å²) in [6.45, 7) is 8.17. The molecule has 3 atom stereocenters. The molecule has 0 aliphatic heterocycles. The van der Waals surface area contributed by atoms with E-state index in [1.165, 1.54) is 6.42 Å². The Labute approximate surface area is 117 Å². The first-order valence-corrected chi connectivity index (χ1v) is 7.71. The maximum atomic E-state index is 12.6. The first-order chi connectivity index (χ1) is 9.01. The maximum Gasteiger partial charge on any atom is 0.316 e. The number of ether oxygens (including phenoxy) is 1. The molecule has 0 amide bonds. The summed E-state index contributed by atoms with van der Waals surface area (Å²) in [4.78, 5) is 24.6. The van der Waals surface area contributed by atoms with Gasteiger partial charge in [-0.25, -0.2) is 0 Å². The Morgan fingerprint density at radius 3 is 2.42 bits per heavy atom. The van der Waals surface area contributed by atoms with Crippen LogP contribution in [-0.4, -0.2) is 18.4 Å². The third kappa shape index (κ3) is 4.32. The average Bonchev–Trinajstić information content (AvgIpc) is 2.38. The van der Waals surface area contributed by atoms with Crippen LogP contribution in [0.1, 0.15) is 59.8 Å². The molecule has 0 spiro atoms. The molecule has 3 nitrogen and oxygen atoms in total. The molecular weight excluding hydrogens is 240 g/mol. The zero-order valence-corrected chi connectivity index (χ0v) is 12.8. The Balaban J connectivity index is 2.73. The van der Waals surface area contributed by atoms with Crippen LogP contribution < -0.4 is 0 Å². The van der Waals surface area contributed by atoms with Gasteiger partial charge in [0, 0.05) is 5.92 Å². The Morgan fingerprint density at radius 1 is 1.21 bits per heavy atom. The van der Waals surface area contributed by atoms with E-state index in [0.29, 0.717) is 12.5 Å². The van der Waals surface area contributed by atoms with E-state index in [1.54, 1.807) is 6.92 Å². The van der Waals surface area contributed by atoms with Gasteiger partial charge in [-0.2, -0.15) is 0 Å². The Bertz CT molecular complexity index is 309. The van der Waals surface area contributed by atoms with Crippen molar-refractivity contribution in [3.63, 3.8) is 0 Å². The number of carbonyl (C=O) groups is 2. The lowest BCUT2D eigenvalue weighted by Crippen LogP contribution is -2.36. The maximum absolute atomic E-state index is 12.6. The van der Waals surface area contributed by atoms with Gasteiger partial charge in [-0.1, -0.05) is 40.0 Å². The quantitative estimate of drug-likeness (QED) is 0.546. The molecule has 0 aromatic carbocycles. The topological polar surface area (TPSA) is 43.4 Å². The number of carbonyl (C=O) groups excluding carboxylic acids is 2. The van der Waals surface area contributed by atoms with Crippen molar-refractivity contribution in [2.24, 2.45) is 23.7 Å². The van der Waals surface area contributed by atoms with Crippen LogP contribution in [0.3, 0.4) is 0 Å². The second-order valence-electron chi connectivity index (χ2n) is 6.01. The first-order valence-electron chi connectivity index (χ1n) is 7.71. The Kier molecular flexibility index (Phi) is 6.53. The van der Waals surface area contributed by atoms with Crippen molar-refractivity contribution in [2.75, 3.05) is 6.61 Å². The van der Waals surface area contributed by atoms with Gasteiger partial charge in [-0.05, 0) is 31.6 Å². The van der Waals surface area contributed by atoms with Gasteiger partial charge >= 0.3 is 5.97 Å². The Morgan fingerprint density at radius 2 is 1.89 bits per heavy atom. The molecule has 0 N–H and O–H groups in total. The molecule has 1 saturated carbocycles. The molecule has 1 aliphatic rings. The van der Waals surface area contributed by atoms with E-state index in [4.69, 9.17) is 4.74 Å². The van der Waals surface area contributed by atoms with Crippen molar-refractivity contribution < 1.29 is 14.3 Å². The molecule has 0 saturated heterocycles. The standard InChI is InChI=1S/C16H28O3/c1-5-12-8-7-9-13(10-12)15(17)14(11(3)4)16(18)19-6-2/h11-14H,5-10H2,1-4H3. The lowest BCUT2D eigenvalue weighted by Gasteiger charge is -2.30. The van der Waals surface area contributed by atoms with Gasteiger partial charge in [0.1, 0.15) is 11.7 Å². The van der Waals surface area contributed by atoms with E-state index in [0.717, 1.165) is 25.7 Å². The summed E-state index contributed by atoms with van der Waals surface area (Å²) < 4.78 is 5.07. The minimum absolute atomic E-state index is 0.0218. The van der Waals surface area contributed by atoms with Crippen LogP contribution in [0.15, 0.2) is 0 Å². The molecule has 0 radical (unpaired) electrons. The molecule has 3 unspecified atom stereocenters. The lowest BCUT2D eigenvalue weighted by molar-refractivity contribution is -0.155. The van der Waals surface area contributed by atoms with Gasteiger partial charge in [-0.15, -0.1) is 0 Å². The summed E-state index contributed by atoms with van der Waals surface area (Å²) in [7, 11) is 0. The molecular formula is C16H28O3. The highest BCUT2D eigenvalue weighted by molar-refractivity contribution is 6.00. The number of rotatable bonds is 6. The number of esters is 1. The number of hydrogen-bond donors (Lipinski definition) is 0. The number of ketones is 1. The molecule has 110 valence electrons. The van der Waals surface area contributed by atoms with Crippen LogP contribution in [0.5, 0.6) is 0 Å². The first kappa shape index (κ1) is 16.2. The van der Waals surface area contributed by atoms with Gasteiger partial charge in [-0.3, -0.25) is 9.59 Å². The van der Waals surface area contributed by atoms with E-state index in [-0.39, 0.29) is 23.6 Å². The summed E-state index contributed by atoms with van der Waals surface area (Å²) in [5, 5.41) is 0. The minimum Gasteiger partial charge on any atom is -0.465 e. The molecule has 0 aromatic rings. The second kappa shape index (κ2) is 7.66. The van der Waals surface area contributed by atoms with Crippen molar-refractivity contribution in [3.8, 4) is 0 Å². The predicted molar refractivity (Wildman–Crippen MR) is 75.7 cm³/mol. The average molecular weight is 268 g/mol. The molecule has 0 aromatic heterocycles. The number of hydrogen-bond acceptors (Lipinski definition) is 3. The molecule has 1 fully saturated rings. The molecule has 19 heavy (non-hydrogen) atoms. The third-order valence-electron chi connectivity index (χ3n) is 4.28. The SMILES string of the molecule is CCOC(=O)C(C(=O)C1CCCC(CC)C1)C(C)C. The van der Waals surface area contributed by atoms with Crippen molar-refractivity contribution in [1.29, 1.82) is 0 Å². The van der Waals surface area contributed by atoms with Crippen molar-refractivity contribution >= 4 is 11.8 Å². The van der Waals surface area contributed by atoms with Gasteiger partial charge < -0.3 is 4.74 Å². The smallest absolute Gasteiger partial charge is 0.316 e. The zero-order chi connectivity index (χ0) is 14.4. The molecule has 3 heteroatoms. The van der Waals surface area contributed by atoms with E-state index >= 15 is 0 Å². The van der Waals surface area contributed by atoms with Crippen molar-refractivity contribution in [3.05, 3.63) is 0 Å². The summed E-state index contributed by atoms with van der Waals surface area (Å²) in [6.07, 6.45) is 5.38. The summed E-state index contributed by atoms with van der Waals surface area (Å²) in [6, 6.07) is 0. The van der Waals surface area contributed by atoms with Crippen LogP contribution in [0.4, 0.5) is 0 Å². The van der Waals surface area contributed by atoms with Gasteiger partial charge in [0.15, 0.2) is 0 Å². The fraction of sp³-hybridized carbons (Fsp3) is 0.875. The van der Waals surface area contributed by atoms with Crippen LogP contribution >= 0.6 is 0 Å². The molecule has 1 aliphatic carbocycles. The largest absolute Gasteiger partial charge is 0.465 e. The third-order valence-corrected chi connectivity index (χ3v) is 4.28. The molecule has 0 heterocycles. The van der Waals surface area contributed by atoms with E-state index < -0.39 is 5.92 Å². The monoisotopic (exact) mass is 268 g/mol. The van der Waals surface area contributed by atoms with E-state index in [1.807, 2.05) is 13.8 Å².